The van der Waals surface area contributed by atoms with Gasteiger partial charge in [-0.05, 0) is 17.4 Å². The van der Waals surface area contributed by atoms with Crippen molar-refractivity contribution in [1.29, 1.82) is 0 Å². The molecule has 2 rings (SSSR count). The number of tetrazole rings is 1. The quantitative estimate of drug-likeness (QED) is 0.713. The van der Waals surface area contributed by atoms with Gasteiger partial charge in [-0.3, -0.25) is 0 Å². The molecule has 7 nitrogen and oxygen atoms in total. The van der Waals surface area contributed by atoms with Crippen molar-refractivity contribution in [2.24, 2.45) is 0 Å². The van der Waals surface area contributed by atoms with Gasteiger partial charge in [0.15, 0.2) is 0 Å². The molecule has 0 aliphatic rings. The number of nitrogens with zero attached hydrogens (tertiary/aromatic N) is 4. The Morgan fingerprint density at radius 1 is 1.64 bits per heavy atom. The monoisotopic (exact) mass is 195 g/mol. The van der Waals surface area contributed by atoms with E-state index in [4.69, 9.17) is 4.52 Å². The van der Waals surface area contributed by atoms with E-state index in [-0.39, 0.29) is 5.69 Å². The second-order valence-electron chi connectivity index (χ2n) is 2.91. The molecule has 7 heteroatoms. The summed E-state index contributed by atoms with van der Waals surface area (Å²) in [5.74, 6) is 0.734. The van der Waals surface area contributed by atoms with Crippen molar-refractivity contribution in [2.75, 3.05) is 0 Å². The molecule has 0 spiro atoms. The summed E-state index contributed by atoms with van der Waals surface area (Å²) >= 11 is 0. The number of rotatable bonds is 3. The van der Waals surface area contributed by atoms with E-state index in [1.807, 2.05) is 13.0 Å². The van der Waals surface area contributed by atoms with Gasteiger partial charge in [0.25, 0.3) is 0 Å². The van der Waals surface area contributed by atoms with Gasteiger partial charge >= 0.3 is 5.69 Å². The molecule has 0 bridgehead atoms. The Morgan fingerprint density at radius 3 is 3.07 bits per heavy atom. The lowest BCUT2D eigenvalue weighted by Gasteiger charge is -1.93. The first-order valence-corrected chi connectivity index (χ1v) is 4.16. The Kier molecular flexibility index (Phi) is 2.13. The zero-order chi connectivity index (χ0) is 9.97. The van der Waals surface area contributed by atoms with Crippen LogP contribution in [0.15, 0.2) is 15.4 Å². The van der Waals surface area contributed by atoms with Crippen LogP contribution in [0.3, 0.4) is 0 Å². The van der Waals surface area contributed by atoms with Crippen molar-refractivity contribution < 1.29 is 4.52 Å². The van der Waals surface area contributed by atoms with Crippen molar-refractivity contribution in [1.82, 2.24) is 25.4 Å². The number of nitrogens with one attached hydrogen (secondary N) is 1. The van der Waals surface area contributed by atoms with E-state index < -0.39 is 0 Å². The molecule has 0 unspecified atom stereocenters. The molecule has 2 aromatic heterocycles. The fourth-order valence-corrected chi connectivity index (χ4v) is 1.11. The van der Waals surface area contributed by atoms with Crippen LogP contribution in [0.25, 0.3) is 0 Å². The molecule has 0 atom stereocenters. The number of aryl methyl sites for hydroxylation is 3. The van der Waals surface area contributed by atoms with E-state index in [9.17, 15) is 4.79 Å². The maximum absolute atomic E-state index is 11.0. The van der Waals surface area contributed by atoms with Crippen LogP contribution in [0.1, 0.15) is 11.5 Å². The second-order valence-corrected chi connectivity index (χ2v) is 2.91. The molecule has 2 aromatic rings. The fourth-order valence-electron chi connectivity index (χ4n) is 1.11. The zero-order valence-corrected chi connectivity index (χ0v) is 7.60. The Hall–Kier alpha value is -1.92. The van der Waals surface area contributed by atoms with Gasteiger partial charge in [0.2, 0.25) is 0 Å². The lowest BCUT2D eigenvalue weighted by atomic mass is 10.3. The first-order chi connectivity index (χ1) is 6.75. The predicted octanol–water partition coefficient (Wildman–Crippen LogP) is -0.494. The summed E-state index contributed by atoms with van der Waals surface area (Å²) in [5, 5.41) is 12.9. The number of aromatic nitrogens is 5. The van der Waals surface area contributed by atoms with E-state index in [1.54, 1.807) is 0 Å². The number of hydrogen-bond donors (Lipinski definition) is 1. The second kappa shape index (κ2) is 3.44. The largest absolute Gasteiger partial charge is 0.361 e. The fraction of sp³-hybridized carbons (Fsp3) is 0.429. The highest BCUT2D eigenvalue weighted by Gasteiger charge is 2.03. The average Bonchev–Trinajstić information content (AvgIpc) is 2.72. The van der Waals surface area contributed by atoms with Crippen LogP contribution in [0, 0.1) is 6.92 Å². The third-order valence-corrected chi connectivity index (χ3v) is 1.78. The first kappa shape index (κ1) is 8.67. The normalized spacial score (nSPS) is 10.6. The minimum atomic E-state index is -0.318. The molecule has 0 aliphatic heterocycles. The Bertz CT molecular complexity index is 468. The van der Waals surface area contributed by atoms with E-state index in [0.29, 0.717) is 13.0 Å². The molecule has 74 valence electrons. The molecule has 0 radical (unpaired) electrons. The van der Waals surface area contributed by atoms with Crippen LogP contribution in [-0.4, -0.2) is 25.4 Å². The third kappa shape index (κ3) is 1.70. The van der Waals surface area contributed by atoms with Gasteiger partial charge in [-0.25, -0.2) is 9.89 Å². The van der Waals surface area contributed by atoms with Crippen LogP contribution < -0.4 is 5.69 Å². The van der Waals surface area contributed by atoms with Crippen LogP contribution in [0.4, 0.5) is 0 Å². The predicted molar refractivity (Wildman–Crippen MR) is 45.6 cm³/mol. The highest BCUT2D eigenvalue weighted by atomic mass is 16.5. The van der Waals surface area contributed by atoms with Gasteiger partial charge in [-0.15, -0.1) is 0 Å². The summed E-state index contributed by atoms with van der Waals surface area (Å²) in [6.07, 6.45) is 0.577. The van der Waals surface area contributed by atoms with Crippen LogP contribution in [0.5, 0.6) is 0 Å². The summed E-state index contributed by atoms with van der Waals surface area (Å²) in [4.78, 5) is 11.0. The molecule has 0 saturated heterocycles. The number of H-pyrrole nitrogens is 1. The molecule has 14 heavy (non-hydrogen) atoms. The van der Waals surface area contributed by atoms with Crippen molar-refractivity contribution in [3.63, 3.8) is 0 Å². The van der Waals surface area contributed by atoms with Crippen LogP contribution >= 0.6 is 0 Å². The van der Waals surface area contributed by atoms with Gasteiger partial charge in [-0.1, -0.05) is 5.16 Å². The molecule has 0 aromatic carbocycles. The van der Waals surface area contributed by atoms with Gasteiger partial charge in [0, 0.05) is 12.5 Å². The zero-order valence-electron chi connectivity index (χ0n) is 7.60. The average molecular weight is 195 g/mol. The summed E-state index contributed by atoms with van der Waals surface area (Å²) < 4.78 is 6.21. The highest BCUT2D eigenvalue weighted by molar-refractivity contribution is 5.02. The molecular formula is C7H9N5O2. The number of hydrogen-bond acceptors (Lipinski definition) is 5. The van der Waals surface area contributed by atoms with E-state index in [0.717, 1.165) is 11.5 Å². The number of aromatic amines is 1. The topological polar surface area (TPSA) is 89.6 Å². The molecule has 0 aliphatic carbocycles. The van der Waals surface area contributed by atoms with E-state index in [1.165, 1.54) is 4.68 Å². The molecular weight excluding hydrogens is 186 g/mol. The minimum Gasteiger partial charge on any atom is -0.361 e. The maximum atomic E-state index is 11.0. The summed E-state index contributed by atoms with van der Waals surface area (Å²) in [6.45, 7) is 2.28. The lowest BCUT2D eigenvalue weighted by molar-refractivity contribution is 0.369. The third-order valence-electron chi connectivity index (χ3n) is 1.78. The highest BCUT2D eigenvalue weighted by Crippen LogP contribution is 2.02. The summed E-state index contributed by atoms with van der Waals surface area (Å²) in [6, 6.07) is 1.82. The molecule has 0 saturated carbocycles. The van der Waals surface area contributed by atoms with Crippen LogP contribution in [-0.2, 0) is 13.0 Å². The maximum Gasteiger partial charge on any atom is 0.361 e. The molecule has 1 N–H and O–H groups in total. The molecule has 0 fully saturated rings. The molecule has 2 heterocycles. The van der Waals surface area contributed by atoms with Gasteiger partial charge < -0.3 is 4.52 Å². The Morgan fingerprint density at radius 2 is 2.50 bits per heavy atom. The van der Waals surface area contributed by atoms with Gasteiger partial charge in [-0.2, -0.15) is 4.68 Å². The van der Waals surface area contributed by atoms with Gasteiger partial charge in [0.1, 0.15) is 5.76 Å². The van der Waals surface area contributed by atoms with Crippen LogP contribution in [0.2, 0.25) is 0 Å². The van der Waals surface area contributed by atoms with Crippen molar-refractivity contribution in [3.05, 3.63) is 28.0 Å². The minimum absolute atomic E-state index is 0.318. The lowest BCUT2D eigenvalue weighted by Crippen LogP contribution is -2.19. The van der Waals surface area contributed by atoms with E-state index in [2.05, 4.69) is 20.7 Å². The van der Waals surface area contributed by atoms with Crippen molar-refractivity contribution in [3.8, 4) is 0 Å². The Labute approximate surface area is 78.7 Å². The van der Waals surface area contributed by atoms with Crippen molar-refractivity contribution >= 4 is 0 Å². The summed E-state index contributed by atoms with van der Waals surface area (Å²) in [5.41, 5.74) is 0.508. The first-order valence-electron chi connectivity index (χ1n) is 4.16. The van der Waals surface area contributed by atoms with E-state index >= 15 is 0 Å². The Balaban J connectivity index is 2.01. The smallest absolute Gasteiger partial charge is 0.361 e. The van der Waals surface area contributed by atoms with Crippen molar-refractivity contribution in [2.45, 2.75) is 19.9 Å². The SMILES string of the molecule is Cc1cc(CCn2nn[nH]c2=O)on1. The summed E-state index contributed by atoms with van der Waals surface area (Å²) in [7, 11) is 0. The molecule has 0 amide bonds. The standard InChI is InChI=1S/C7H9N5O2/c1-5-4-6(14-9-5)2-3-12-7(13)8-10-11-12/h4H,2-3H2,1H3,(H,8,11,13). The van der Waals surface area contributed by atoms with Gasteiger partial charge in [0.05, 0.1) is 12.2 Å².